The summed E-state index contributed by atoms with van der Waals surface area (Å²) < 4.78 is 0. The van der Waals surface area contributed by atoms with Crippen LogP contribution in [0.15, 0.2) is 41.8 Å². The summed E-state index contributed by atoms with van der Waals surface area (Å²) in [6.07, 6.45) is 0. The number of carbonyl (C=O) groups is 1. The Morgan fingerprint density at radius 3 is 2.94 bits per heavy atom. The number of amides is 1. The molecule has 2 heterocycles. The van der Waals surface area contributed by atoms with E-state index in [0.717, 1.165) is 23.7 Å². The van der Waals surface area contributed by atoms with E-state index in [1.54, 1.807) is 0 Å². The molecule has 0 aliphatic carbocycles. The normalized spacial score (nSPS) is 14.6. The largest absolute Gasteiger partial charge is 0.383 e. The first-order valence-corrected chi connectivity index (χ1v) is 6.87. The Bertz CT molecular complexity index is 551. The number of anilines is 1. The number of para-hydroxylation sites is 1. The smallest absolute Gasteiger partial charge is 0.264 e. The lowest BCUT2D eigenvalue weighted by atomic mass is 10.1. The third-order valence-electron chi connectivity index (χ3n) is 3.09. The maximum atomic E-state index is 12.3. The number of hydrogen-bond donors (Lipinski definition) is 1. The van der Waals surface area contributed by atoms with Crippen molar-refractivity contribution < 1.29 is 4.79 Å². The minimum absolute atomic E-state index is 0.128. The molecule has 0 saturated heterocycles. The standard InChI is InChI=1S/C14H14N2OS/c17-14(13-6-3-9-18-13)16-8-7-15-12-5-2-1-4-11(12)10-16/h1-6,9,15H,7-8,10H2. The highest BCUT2D eigenvalue weighted by atomic mass is 32.1. The molecule has 2 aromatic rings. The second kappa shape index (κ2) is 4.82. The maximum absolute atomic E-state index is 12.3. The van der Waals surface area contributed by atoms with E-state index in [1.807, 2.05) is 34.5 Å². The Balaban J connectivity index is 1.85. The van der Waals surface area contributed by atoms with E-state index in [0.29, 0.717) is 6.54 Å². The van der Waals surface area contributed by atoms with Crippen molar-refractivity contribution >= 4 is 22.9 Å². The van der Waals surface area contributed by atoms with Gasteiger partial charge in [0.05, 0.1) is 4.88 Å². The number of nitrogens with zero attached hydrogens (tertiary/aromatic N) is 1. The molecule has 0 radical (unpaired) electrons. The van der Waals surface area contributed by atoms with E-state index >= 15 is 0 Å². The Hall–Kier alpha value is -1.81. The van der Waals surface area contributed by atoms with Gasteiger partial charge in [0.2, 0.25) is 0 Å². The number of rotatable bonds is 1. The quantitative estimate of drug-likeness (QED) is 0.853. The predicted octanol–water partition coefficient (Wildman–Crippen LogP) is 2.82. The van der Waals surface area contributed by atoms with Crippen molar-refractivity contribution in [2.75, 3.05) is 18.4 Å². The van der Waals surface area contributed by atoms with Gasteiger partial charge in [-0.15, -0.1) is 11.3 Å². The second-order valence-electron chi connectivity index (χ2n) is 4.29. The summed E-state index contributed by atoms with van der Waals surface area (Å²) in [5.74, 6) is 0.128. The van der Waals surface area contributed by atoms with Gasteiger partial charge in [0.25, 0.3) is 5.91 Å². The maximum Gasteiger partial charge on any atom is 0.264 e. The SMILES string of the molecule is O=C(c1cccs1)N1CCNc2ccccc2C1. The van der Waals surface area contributed by atoms with E-state index in [4.69, 9.17) is 0 Å². The molecule has 92 valence electrons. The van der Waals surface area contributed by atoms with Crippen LogP contribution in [0.1, 0.15) is 15.2 Å². The van der Waals surface area contributed by atoms with Crippen LogP contribution in [-0.4, -0.2) is 23.9 Å². The summed E-state index contributed by atoms with van der Waals surface area (Å²) in [7, 11) is 0. The number of carbonyl (C=O) groups excluding carboxylic acids is 1. The topological polar surface area (TPSA) is 32.3 Å². The number of hydrogen-bond acceptors (Lipinski definition) is 3. The molecule has 4 heteroatoms. The molecule has 1 aliphatic rings. The zero-order valence-corrected chi connectivity index (χ0v) is 10.7. The lowest BCUT2D eigenvalue weighted by Crippen LogP contribution is -2.32. The van der Waals surface area contributed by atoms with Crippen molar-refractivity contribution in [3.8, 4) is 0 Å². The van der Waals surface area contributed by atoms with E-state index in [2.05, 4.69) is 17.4 Å². The highest BCUT2D eigenvalue weighted by Gasteiger charge is 2.20. The van der Waals surface area contributed by atoms with Gasteiger partial charge in [-0.2, -0.15) is 0 Å². The van der Waals surface area contributed by atoms with Crippen LogP contribution < -0.4 is 5.32 Å². The lowest BCUT2D eigenvalue weighted by molar-refractivity contribution is 0.0758. The van der Waals surface area contributed by atoms with Crippen molar-refractivity contribution in [3.63, 3.8) is 0 Å². The van der Waals surface area contributed by atoms with Gasteiger partial charge in [0.15, 0.2) is 0 Å². The van der Waals surface area contributed by atoms with Crippen molar-refractivity contribution in [1.29, 1.82) is 0 Å². The van der Waals surface area contributed by atoms with Crippen molar-refractivity contribution in [2.24, 2.45) is 0 Å². The summed E-state index contributed by atoms with van der Waals surface area (Å²) in [4.78, 5) is 15.1. The Labute approximate surface area is 110 Å². The summed E-state index contributed by atoms with van der Waals surface area (Å²) in [5.41, 5.74) is 2.32. The molecule has 1 N–H and O–H groups in total. The Kier molecular flexibility index (Phi) is 3.02. The van der Waals surface area contributed by atoms with E-state index < -0.39 is 0 Å². The number of thiophene rings is 1. The number of benzene rings is 1. The van der Waals surface area contributed by atoms with Crippen LogP contribution in [0.25, 0.3) is 0 Å². The van der Waals surface area contributed by atoms with E-state index in [-0.39, 0.29) is 5.91 Å². The van der Waals surface area contributed by atoms with Gasteiger partial charge in [-0.25, -0.2) is 0 Å². The minimum Gasteiger partial charge on any atom is -0.383 e. The zero-order valence-electron chi connectivity index (χ0n) is 9.93. The van der Waals surface area contributed by atoms with Crippen molar-refractivity contribution in [2.45, 2.75) is 6.54 Å². The van der Waals surface area contributed by atoms with Crippen LogP contribution in [0.5, 0.6) is 0 Å². The summed E-state index contributed by atoms with van der Waals surface area (Å²) in [5, 5.41) is 5.31. The van der Waals surface area contributed by atoms with Crippen molar-refractivity contribution in [1.82, 2.24) is 4.90 Å². The summed E-state index contributed by atoms with van der Waals surface area (Å²) in [6.45, 7) is 2.22. The van der Waals surface area contributed by atoms with Crippen molar-refractivity contribution in [3.05, 3.63) is 52.2 Å². The molecule has 0 spiro atoms. The minimum atomic E-state index is 0.128. The van der Waals surface area contributed by atoms with Crippen LogP contribution in [0.3, 0.4) is 0 Å². The van der Waals surface area contributed by atoms with E-state index in [1.165, 1.54) is 16.9 Å². The highest BCUT2D eigenvalue weighted by Crippen LogP contribution is 2.21. The summed E-state index contributed by atoms with van der Waals surface area (Å²) >= 11 is 1.50. The van der Waals surface area contributed by atoms with Crippen LogP contribution in [0.4, 0.5) is 5.69 Å². The monoisotopic (exact) mass is 258 g/mol. The van der Waals surface area contributed by atoms with E-state index in [9.17, 15) is 4.79 Å². The molecule has 1 aromatic carbocycles. The molecular weight excluding hydrogens is 244 g/mol. The third-order valence-corrected chi connectivity index (χ3v) is 3.95. The molecule has 1 aliphatic heterocycles. The molecule has 1 aromatic heterocycles. The first-order chi connectivity index (χ1) is 8.84. The molecule has 18 heavy (non-hydrogen) atoms. The van der Waals surface area contributed by atoms with Gasteiger partial charge >= 0.3 is 0 Å². The lowest BCUT2D eigenvalue weighted by Gasteiger charge is -2.19. The molecule has 3 nitrogen and oxygen atoms in total. The average Bonchev–Trinajstić information content (AvgIpc) is 2.84. The predicted molar refractivity (Wildman–Crippen MR) is 74.0 cm³/mol. The molecule has 0 atom stereocenters. The molecule has 0 bridgehead atoms. The highest BCUT2D eigenvalue weighted by molar-refractivity contribution is 7.12. The van der Waals surface area contributed by atoms with Gasteiger partial charge in [0, 0.05) is 25.3 Å². The fourth-order valence-corrected chi connectivity index (χ4v) is 2.86. The Morgan fingerprint density at radius 2 is 2.11 bits per heavy atom. The fourth-order valence-electron chi connectivity index (χ4n) is 2.17. The molecule has 0 unspecified atom stereocenters. The first kappa shape index (κ1) is 11.3. The number of nitrogens with one attached hydrogen (secondary N) is 1. The van der Waals surface area contributed by atoms with Gasteiger partial charge in [-0.3, -0.25) is 4.79 Å². The fraction of sp³-hybridized carbons (Fsp3) is 0.214. The van der Waals surface area contributed by atoms with Crippen LogP contribution in [-0.2, 0) is 6.54 Å². The van der Waals surface area contributed by atoms with Crippen LogP contribution in [0, 0.1) is 0 Å². The van der Waals surface area contributed by atoms with Gasteiger partial charge < -0.3 is 10.2 Å². The Morgan fingerprint density at radius 1 is 1.22 bits per heavy atom. The number of fused-ring (bicyclic) bond motifs is 1. The average molecular weight is 258 g/mol. The van der Waals surface area contributed by atoms with Crippen LogP contribution >= 0.6 is 11.3 Å². The molecule has 0 saturated carbocycles. The molecular formula is C14H14N2OS. The summed E-state index contributed by atoms with van der Waals surface area (Å²) in [6, 6.07) is 12.0. The second-order valence-corrected chi connectivity index (χ2v) is 5.24. The molecule has 3 rings (SSSR count). The van der Waals surface area contributed by atoms with Crippen LogP contribution in [0.2, 0.25) is 0 Å². The van der Waals surface area contributed by atoms with Gasteiger partial charge in [-0.05, 0) is 23.1 Å². The molecule has 1 amide bonds. The third kappa shape index (κ3) is 2.11. The van der Waals surface area contributed by atoms with Gasteiger partial charge in [-0.1, -0.05) is 24.3 Å². The zero-order chi connectivity index (χ0) is 12.4. The first-order valence-electron chi connectivity index (χ1n) is 5.99. The van der Waals surface area contributed by atoms with Gasteiger partial charge in [0.1, 0.15) is 0 Å². The molecule has 0 fully saturated rings.